The average Bonchev–Trinajstić information content (AvgIpc) is 2.26. The van der Waals surface area contributed by atoms with Crippen molar-refractivity contribution in [3.05, 3.63) is 35.9 Å². The summed E-state index contributed by atoms with van der Waals surface area (Å²) in [7, 11) is 1.52. The first-order valence-electron chi connectivity index (χ1n) is 4.70. The Bertz CT molecular complexity index is 287. The zero-order valence-corrected chi connectivity index (χ0v) is 8.67. The molecule has 0 aliphatic carbocycles. The third kappa shape index (κ3) is 5.15. The molecule has 82 valence electrons. The normalized spacial score (nSPS) is 12.9. The maximum absolute atomic E-state index is 9.22. The first-order chi connectivity index (χ1) is 7.33. The lowest BCUT2D eigenvalue weighted by molar-refractivity contribution is -0.00398. The van der Waals surface area contributed by atoms with E-state index in [1.165, 1.54) is 7.11 Å². The van der Waals surface area contributed by atoms with E-state index in [1.54, 1.807) is 6.21 Å². The molecule has 0 aromatic heterocycles. The number of hydrogen-bond acceptors (Lipinski definition) is 4. The Balaban J connectivity index is 2.23. The molecule has 1 rings (SSSR count). The summed E-state index contributed by atoms with van der Waals surface area (Å²) in [4.78, 5) is 4.89. The van der Waals surface area contributed by atoms with E-state index in [4.69, 9.17) is 9.57 Å². The fraction of sp³-hybridized carbons (Fsp3) is 0.364. The molecule has 1 unspecified atom stereocenters. The SMILES string of the molecule is COCC(O)CO/N=C/c1ccccc1. The summed E-state index contributed by atoms with van der Waals surface area (Å²) in [6.07, 6.45) is 0.961. The number of methoxy groups -OCH3 is 1. The van der Waals surface area contributed by atoms with E-state index in [0.29, 0.717) is 0 Å². The molecule has 0 saturated heterocycles. The molecule has 1 atom stereocenters. The Morgan fingerprint density at radius 2 is 2.07 bits per heavy atom. The molecule has 0 aliphatic heterocycles. The molecule has 0 saturated carbocycles. The first kappa shape index (κ1) is 11.7. The standard InChI is InChI=1S/C11H15NO3/c1-14-8-11(13)9-15-12-7-10-5-3-2-4-6-10/h2-7,11,13H,8-9H2,1H3/b12-7+. The quantitative estimate of drug-likeness (QED) is 0.562. The Morgan fingerprint density at radius 1 is 1.33 bits per heavy atom. The van der Waals surface area contributed by atoms with Crippen LogP contribution in [0.2, 0.25) is 0 Å². The van der Waals surface area contributed by atoms with E-state index >= 15 is 0 Å². The van der Waals surface area contributed by atoms with Crippen LogP contribution in [0.15, 0.2) is 35.5 Å². The van der Waals surface area contributed by atoms with Crippen LogP contribution in [0.1, 0.15) is 5.56 Å². The van der Waals surface area contributed by atoms with Crippen LogP contribution >= 0.6 is 0 Å². The smallest absolute Gasteiger partial charge is 0.145 e. The van der Waals surface area contributed by atoms with Gasteiger partial charge in [-0.3, -0.25) is 0 Å². The molecular formula is C11H15NO3. The summed E-state index contributed by atoms with van der Waals surface area (Å²) < 4.78 is 4.74. The van der Waals surface area contributed by atoms with Gasteiger partial charge in [0.15, 0.2) is 0 Å². The van der Waals surface area contributed by atoms with Gasteiger partial charge in [0.1, 0.15) is 12.7 Å². The molecule has 0 fully saturated rings. The van der Waals surface area contributed by atoms with Crippen molar-refractivity contribution in [1.82, 2.24) is 0 Å². The van der Waals surface area contributed by atoms with E-state index < -0.39 is 6.10 Å². The highest BCUT2D eigenvalue weighted by Gasteiger charge is 2.01. The molecule has 0 spiro atoms. The van der Waals surface area contributed by atoms with Crippen LogP contribution in [0.3, 0.4) is 0 Å². The molecule has 0 aliphatic rings. The van der Waals surface area contributed by atoms with E-state index in [2.05, 4.69) is 5.16 Å². The van der Waals surface area contributed by atoms with Gasteiger partial charge in [-0.05, 0) is 5.56 Å². The van der Waals surface area contributed by atoms with E-state index in [-0.39, 0.29) is 13.2 Å². The fourth-order valence-corrected chi connectivity index (χ4v) is 1.01. The maximum Gasteiger partial charge on any atom is 0.145 e. The van der Waals surface area contributed by atoms with Gasteiger partial charge in [0.05, 0.1) is 12.8 Å². The molecule has 0 bridgehead atoms. The van der Waals surface area contributed by atoms with Crippen molar-refractivity contribution in [2.24, 2.45) is 5.16 Å². The van der Waals surface area contributed by atoms with Gasteiger partial charge in [-0.2, -0.15) is 0 Å². The summed E-state index contributed by atoms with van der Waals surface area (Å²) in [6, 6.07) is 9.60. The zero-order chi connectivity index (χ0) is 10.9. The summed E-state index contributed by atoms with van der Waals surface area (Å²) in [5.41, 5.74) is 0.957. The highest BCUT2D eigenvalue weighted by molar-refractivity contribution is 5.78. The zero-order valence-electron chi connectivity index (χ0n) is 8.67. The Morgan fingerprint density at radius 3 is 2.73 bits per heavy atom. The van der Waals surface area contributed by atoms with E-state index in [1.807, 2.05) is 30.3 Å². The number of aliphatic hydroxyl groups excluding tert-OH is 1. The Labute approximate surface area is 89.1 Å². The number of benzene rings is 1. The first-order valence-corrected chi connectivity index (χ1v) is 4.70. The number of aliphatic hydroxyl groups is 1. The highest BCUT2D eigenvalue weighted by atomic mass is 16.6. The Kier molecular flexibility index (Phi) is 5.43. The van der Waals surface area contributed by atoms with Gasteiger partial charge in [-0.1, -0.05) is 35.5 Å². The molecule has 1 N–H and O–H groups in total. The minimum atomic E-state index is -0.636. The molecule has 0 radical (unpaired) electrons. The molecule has 1 aromatic rings. The van der Waals surface area contributed by atoms with Crippen molar-refractivity contribution in [3.63, 3.8) is 0 Å². The van der Waals surface area contributed by atoms with Crippen molar-refractivity contribution >= 4 is 6.21 Å². The largest absolute Gasteiger partial charge is 0.393 e. The van der Waals surface area contributed by atoms with Gasteiger partial charge in [0.2, 0.25) is 0 Å². The van der Waals surface area contributed by atoms with Crippen LogP contribution in [0, 0.1) is 0 Å². The Hall–Kier alpha value is -1.39. The number of oxime groups is 1. The molecular weight excluding hydrogens is 194 g/mol. The average molecular weight is 209 g/mol. The van der Waals surface area contributed by atoms with Crippen molar-refractivity contribution in [2.45, 2.75) is 6.10 Å². The van der Waals surface area contributed by atoms with Gasteiger partial charge in [-0.25, -0.2) is 0 Å². The van der Waals surface area contributed by atoms with Crippen molar-refractivity contribution in [2.75, 3.05) is 20.3 Å². The van der Waals surface area contributed by atoms with Crippen molar-refractivity contribution in [3.8, 4) is 0 Å². The van der Waals surface area contributed by atoms with Gasteiger partial charge in [0, 0.05) is 7.11 Å². The number of nitrogens with zero attached hydrogens (tertiary/aromatic N) is 1. The second kappa shape index (κ2) is 6.98. The van der Waals surface area contributed by atoms with Crippen LogP contribution in [0.4, 0.5) is 0 Å². The van der Waals surface area contributed by atoms with E-state index in [9.17, 15) is 5.11 Å². The number of ether oxygens (including phenoxy) is 1. The minimum absolute atomic E-state index is 0.136. The molecule has 0 heterocycles. The predicted octanol–water partition coefficient (Wildman–Crippen LogP) is 1.04. The van der Waals surface area contributed by atoms with Crippen LogP contribution < -0.4 is 0 Å². The highest BCUT2D eigenvalue weighted by Crippen LogP contribution is 1.94. The third-order valence-corrected chi connectivity index (χ3v) is 1.70. The van der Waals surface area contributed by atoms with Crippen molar-refractivity contribution < 1.29 is 14.7 Å². The minimum Gasteiger partial charge on any atom is -0.393 e. The number of rotatable bonds is 6. The van der Waals surface area contributed by atoms with Crippen LogP contribution in [0.25, 0.3) is 0 Å². The summed E-state index contributed by atoms with van der Waals surface area (Å²) in [5.74, 6) is 0. The lowest BCUT2D eigenvalue weighted by atomic mass is 10.2. The second-order valence-electron chi connectivity index (χ2n) is 3.05. The molecule has 0 amide bonds. The van der Waals surface area contributed by atoms with E-state index in [0.717, 1.165) is 5.56 Å². The van der Waals surface area contributed by atoms with Crippen LogP contribution in [-0.4, -0.2) is 37.7 Å². The summed E-state index contributed by atoms with van der Waals surface area (Å²) in [5, 5.41) is 12.9. The predicted molar refractivity (Wildman–Crippen MR) is 57.9 cm³/mol. The summed E-state index contributed by atoms with van der Waals surface area (Å²) >= 11 is 0. The molecule has 4 heteroatoms. The van der Waals surface area contributed by atoms with Gasteiger partial charge in [-0.15, -0.1) is 0 Å². The number of hydrogen-bond donors (Lipinski definition) is 1. The fourth-order valence-electron chi connectivity index (χ4n) is 1.01. The van der Waals surface area contributed by atoms with Gasteiger partial charge in [0.25, 0.3) is 0 Å². The lowest BCUT2D eigenvalue weighted by Crippen LogP contribution is -2.19. The van der Waals surface area contributed by atoms with Crippen molar-refractivity contribution in [1.29, 1.82) is 0 Å². The molecule has 15 heavy (non-hydrogen) atoms. The van der Waals surface area contributed by atoms with Crippen LogP contribution in [-0.2, 0) is 9.57 Å². The lowest BCUT2D eigenvalue weighted by Gasteiger charge is -2.06. The second-order valence-corrected chi connectivity index (χ2v) is 3.05. The topological polar surface area (TPSA) is 51.0 Å². The monoisotopic (exact) mass is 209 g/mol. The maximum atomic E-state index is 9.22. The summed E-state index contributed by atoms with van der Waals surface area (Å²) in [6.45, 7) is 0.387. The van der Waals surface area contributed by atoms with Gasteiger partial charge < -0.3 is 14.7 Å². The van der Waals surface area contributed by atoms with Crippen LogP contribution in [0.5, 0.6) is 0 Å². The molecule has 4 nitrogen and oxygen atoms in total. The molecule has 1 aromatic carbocycles. The van der Waals surface area contributed by atoms with Gasteiger partial charge >= 0.3 is 0 Å². The third-order valence-electron chi connectivity index (χ3n) is 1.70.